The summed E-state index contributed by atoms with van der Waals surface area (Å²) in [7, 11) is -1.95. The zero-order valence-electron chi connectivity index (χ0n) is 12.7. The molecule has 1 aromatic carbocycles. The number of rotatable bonds is 8. The summed E-state index contributed by atoms with van der Waals surface area (Å²) < 4.78 is 32.7. The number of sulfonamides is 1. The van der Waals surface area contributed by atoms with Crippen molar-refractivity contribution in [1.29, 1.82) is 0 Å². The largest absolute Gasteiger partial charge is 0.496 e. The first-order chi connectivity index (χ1) is 9.96. The minimum Gasteiger partial charge on any atom is -0.496 e. The molecule has 3 N–H and O–H groups in total. The van der Waals surface area contributed by atoms with Crippen molar-refractivity contribution in [3.63, 3.8) is 0 Å². The third kappa shape index (κ3) is 3.75. The highest BCUT2D eigenvalue weighted by Crippen LogP contribution is 2.49. The Bertz CT molecular complexity index is 595. The Kier molecular flexibility index (Phi) is 4.91. The fraction of sp³-hybridized carbons (Fsp3) is 0.600. The smallest absolute Gasteiger partial charge is 0.240 e. The Labute approximate surface area is 126 Å². The van der Waals surface area contributed by atoms with Crippen LogP contribution in [0.1, 0.15) is 38.2 Å². The molecule has 1 fully saturated rings. The van der Waals surface area contributed by atoms with Crippen molar-refractivity contribution in [3.05, 3.63) is 23.8 Å². The maximum absolute atomic E-state index is 12.4. The van der Waals surface area contributed by atoms with E-state index < -0.39 is 10.0 Å². The Hall–Kier alpha value is -1.11. The molecule has 0 amide bonds. The molecule has 0 unspecified atom stereocenters. The van der Waals surface area contributed by atoms with E-state index in [0.29, 0.717) is 17.9 Å². The van der Waals surface area contributed by atoms with Crippen LogP contribution in [0, 0.1) is 5.41 Å². The highest BCUT2D eigenvalue weighted by molar-refractivity contribution is 7.89. The summed E-state index contributed by atoms with van der Waals surface area (Å²) in [5.74, 6) is 0.612. The van der Waals surface area contributed by atoms with Gasteiger partial charge >= 0.3 is 0 Å². The second-order valence-electron chi connectivity index (χ2n) is 5.75. The summed E-state index contributed by atoms with van der Waals surface area (Å²) in [5, 5.41) is 0. The van der Waals surface area contributed by atoms with Gasteiger partial charge in [-0.15, -0.1) is 0 Å². The minimum atomic E-state index is -3.49. The average Bonchev–Trinajstić information content (AvgIpc) is 3.25. The summed E-state index contributed by atoms with van der Waals surface area (Å²) in [5.41, 5.74) is 6.51. The number of benzene rings is 1. The topological polar surface area (TPSA) is 81.4 Å². The molecule has 1 aromatic rings. The van der Waals surface area contributed by atoms with E-state index >= 15 is 0 Å². The molecule has 1 aliphatic rings. The van der Waals surface area contributed by atoms with Gasteiger partial charge in [0.25, 0.3) is 0 Å². The highest BCUT2D eigenvalue weighted by atomic mass is 32.2. The third-order valence-electron chi connectivity index (χ3n) is 4.16. The highest BCUT2D eigenvalue weighted by Gasteiger charge is 2.42. The van der Waals surface area contributed by atoms with Gasteiger partial charge in [-0.3, -0.25) is 0 Å². The fourth-order valence-electron chi connectivity index (χ4n) is 2.64. The van der Waals surface area contributed by atoms with Gasteiger partial charge in [-0.2, -0.15) is 0 Å². The lowest BCUT2D eigenvalue weighted by molar-refractivity contribution is 0.409. The van der Waals surface area contributed by atoms with Gasteiger partial charge in [0.05, 0.1) is 12.0 Å². The Morgan fingerprint density at radius 3 is 2.62 bits per heavy atom. The van der Waals surface area contributed by atoms with Crippen molar-refractivity contribution < 1.29 is 13.2 Å². The van der Waals surface area contributed by atoms with Gasteiger partial charge < -0.3 is 10.5 Å². The molecular weight excluding hydrogens is 288 g/mol. The van der Waals surface area contributed by atoms with Gasteiger partial charge in [0.1, 0.15) is 5.75 Å². The average molecular weight is 312 g/mol. The molecule has 0 bridgehead atoms. The number of ether oxygens (including phenoxy) is 1. The molecule has 1 saturated carbocycles. The quantitative estimate of drug-likeness (QED) is 0.769. The number of methoxy groups -OCH3 is 1. The first-order valence-corrected chi connectivity index (χ1v) is 8.81. The molecule has 21 heavy (non-hydrogen) atoms. The zero-order chi connectivity index (χ0) is 15.5. The van der Waals surface area contributed by atoms with Crippen molar-refractivity contribution in [2.45, 2.75) is 44.0 Å². The molecule has 0 atom stereocenters. The lowest BCUT2D eigenvalue weighted by atomic mass is 10.0. The van der Waals surface area contributed by atoms with Crippen LogP contribution in [-0.4, -0.2) is 22.1 Å². The maximum Gasteiger partial charge on any atom is 0.240 e. The van der Waals surface area contributed by atoms with Crippen molar-refractivity contribution in [1.82, 2.24) is 4.72 Å². The van der Waals surface area contributed by atoms with E-state index in [1.807, 2.05) is 0 Å². The van der Waals surface area contributed by atoms with E-state index in [2.05, 4.69) is 11.6 Å². The number of nitrogens with two attached hydrogens (primary N) is 1. The number of hydrogen-bond acceptors (Lipinski definition) is 4. The molecule has 5 nitrogen and oxygen atoms in total. The van der Waals surface area contributed by atoms with Gasteiger partial charge in [-0.25, -0.2) is 13.1 Å². The van der Waals surface area contributed by atoms with Gasteiger partial charge in [-0.05, 0) is 42.9 Å². The van der Waals surface area contributed by atoms with E-state index in [9.17, 15) is 8.42 Å². The standard InChI is InChI=1S/C15H24N2O3S/c1-3-6-15(7-8-15)11-17-21(18,19)13-4-5-14(20-2)12(9-13)10-16/h4-5,9,17H,3,6-8,10-11,16H2,1-2H3. The van der Waals surface area contributed by atoms with Crippen LogP contribution in [0.4, 0.5) is 0 Å². The molecule has 0 radical (unpaired) electrons. The first-order valence-electron chi connectivity index (χ1n) is 7.33. The number of nitrogens with one attached hydrogen (secondary N) is 1. The zero-order valence-corrected chi connectivity index (χ0v) is 13.5. The molecule has 0 spiro atoms. The second kappa shape index (κ2) is 6.34. The molecule has 0 heterocycles. The van der Waals surface area contributed by atoms with Crippen LogP contribution in [0.5, 0.6) is 5.75 Å². The van der Waals surface area contributed by atoms with Gasteiger partial charge in [-0.1, -0.05) is 13.3 Å². The van der Waals surface area contributed by atoms with Crippen molar-refractivity contribution in [3.8, 4) is 5.75 Å². The van der Waals surface area contributed by atoms with E-state index in [-0.39, 0.29) is 16.9 Å². The lowest BCUT2D eigenvalue weighted by Gasteiger charge is -2.16. The molecule has 0 aromatic heterocycles. The minimum absolute atomic E-state index is 0.186. The SMILES string of the molecule is CCCC1(CNS(=O)(=O)c2ccc(OC)c(CN)c2)CC1. The Morgan fingerprint density at radius 2 is 2.10 bits per heavy atom. The fourth-order valence-corrected chi connectivity index (χ4v) is 3.84. The molecule has 1 aliphatic carbocycles. The molecule has 0 aliphatic heterocycles. The van der Waals surface area contributed by atoms with E-state index in [1.165, 1.54) is 0 Å². The summed E-state index contributed by atoms with van der Waals surface area (Å²) in [6.45, 7) is 2.89. The van der Waals surface area contributed by atoms with E-state index in [1.54, 1.807) is 25.3 Å². The van der Waals surface area contributed by atoms with Crippen LogP contribution in [0.15, 0.2) is 23.1 Å². The van der Waals surface area contributed by atoms with Crippen LogP contribution in [0.25, 0.3) is 0 Å². The molecule has 6 heteroatoms. The van der Waals surface area contributed by atoms with E-state index in [4.69, 9.17) is 10.5 Å². The van der Waals surface area contributed by atoms with Crippen molar-refractivity contribution >= 4 is 10.0 Å². The third-order valence-corrected chi connectivity index (χ3v) is 5.56. The maximum atomic E-state index is 12.4. The second-order valence-corrected chi connectivity index (χ2v) is 7.52. The predicted octanol–water partition coefficient (Wildman–Crippen LogP) is 2.01. The van der Waals surface area contributed by atoms with Gasteiger partial charge in [0.2, 0.25) is 10.0 Å². The van der Waals surface area contributed by atoms with Crippen LogP contribution in [-0.2, 0) is 16.6 Å². The molecule has 2 rings (SSSR count). The van der Waals surface area contributed by atoms with Gasteiger partial charge in [0.15, 0.2) is 0 Å². The Balaban J connectivity index is 2.12. The number of hydrogen-bond donors (Lipinski definition) is 2. The van der Waals surface area contributed by atoms with Crippen LogP contribution >= 0.6 is 0 Å². The summed E-state index contributed by atoms with van der Waals surface area (Å²) in [6.07, 6.45) is 4.38. The monoisotopic (exact) mass is 312 g/mol. The van der Waals surface area contributed by atoms with Crippen molar-refractivity contribution in [2.75, 3.05) is 13.7 Å². The Morgan fingerprint density at radius 1 is 1.38 bits per heavy atom. The molecular formula is C15H24N2O3S. The first kappa shape index (κ1) is 16.3. The van der Waals surface area contributed by atoms with Crippen LogP contribution in [0.2, 0.25) is 0 Å². The van der Waals surface area contributed by atoms with Crippen LogP contribution < -0.4 is 15.2 Å². The lowest BCUT2D eigenvalue weighted by Crippen LogP contribution is -2.30. The van der Waals surface area contributed by atoms with Crippen molar-refractivity contribution in [2.24, 2.45) is 11.1 Å². The summed E-state index contributed by atoms with van der Waals surface area (Å²) in [4.78, 5) is 0.246. The van der Waals surface area contributed by atoms with E-state index in [0.717, 1.165) is 25.7 Å². The van der Waals surface area contributed by atoms with Gasteiger partial charge in [0, 0.05) is 18.7 Å². The summed E-state index contributed by atoms with van der Waals surface area (Å²) >= 11 is 0. The summed E-state index contributed by atoms with van der Waals surface area (Å²) in [6, 6.07) is 4.79. The molecule has 0 saturated heterocycles. The molecule has 118 valence electrons. The normalized spacial score (nSPS) is 16.7. The predicted molar refractivity (Wildman–Crippen MR) is 82.6 cm³/mol. The van der Waals surface area contributed by atoms with Crippen LogP contribution in [0.3, 0.4) is 0 Å².